The van der Waals surface area contributed by atoms with Gasteiger partial charge in [0, 0.05) is 23.3 Å². The molecule has 1 N–H and O–H groups in total. The van der Waals surface area contributed by atoms with Crippen molar-refractivity contribution in [1.82, 2.24) is 9.97 Å². The van der Waals surface area contributed by atoms with Gasteiger partial charge in [0.15, 0.2) is 0 Å². The van der Waals surface area contributed by atoms with Crippen molar-refractivity contribution < 1.29 is 0 Å². The lowest BCUT2D eigenvalue weighted by molar-refractivity contribution is 0.898. The molecule has 5 heteroatoms. The van der Waals surface area contributed by atoms with Crippen LogP contribution in [0.25, 0.3) is 0 Å². The van der Waals surface area contributed by atoms with Crippen molar-refractivity contribution in [2.75, 3.05) is 18.1 Å². The predicted molar refractivity (Wildman–Crippen MR) is 75.1 cm³/mol. The number of halogens is 1. The Morgan fingerprint density at radius 2 is 2.12 bits per heavy atom. The second kappa shape index (κ2) is 5.02. The van der Waals surface area contributed by atoms with E-state index in [1.807, 2.05) is 25.6 Å². The number of hydrogen-bond donors (Lipinski definition) is 1. The van der Waals surface area contributed by atoms with Crippen molar-refractivity contribution in [3.05, 3.63) is 16.5 Å². The van der Waals surface area contributed by atoms with Gasteiger partial charge in [0.05, 0.1) is 0 Å². The molecule has 94 valence electrons. The van der Waals surface area contributed by atoms with E-state index in [1.54, 1.807) is 0 Å². The Kier molecular flexibility index (Phi) is 3.83. The molecule has 17 heavy (non-hydrogen) atoms. The lowest BCUT2D eigenvalue weighted by Crippen LogP contribution is -2.19. The first-order valence-corrected chi connectivity index (χ1v) is 7.52. The Balaban J connectivity index is 2.11. The van der Waals surface area contributed by atoms with Gasteiger partial charge < -0.3 is 5.32 Å². The van der Waals surface area contributed by atoms with Gasteiger partial charge in [-0.05, 0) is 26.0 Å². The van der Waals surface area contributed by atoms with Gasteiger partial charge in [-0.15, -0.1) is 0 Å². The van der Waals surface area contributed by atoms with Crippen LogP contribution in [0.1, 0.15) is 31.2 Å². The van der Waals surface area contributed by atoms with E-state index in [4.69, 9.17) is 11.6 Å². The monoisotopic (exact) mass is 271 g/mol. The summed E-state index contributed by atoms with van der Waals surface area (Å²) in [5.41, 5.74) is 0.945. The van der Waals surface area contributed by atoms with Crippen molar-refractivity contribution in [2.24, 2.45) is 0 Å². The molecular weight excluding hydrogens is 254 g/mol. The number of aryl methyl sites for hydroxylation is 1. The third-order valence-electron chi connectivity index (χ3n) is 3.27. The normalized spacial score (nSPS) is 16.9. The zero-order chi connectivity index (χ0) is 12.5. The molecular formula is C12H18ClN3S. The van der Waals surface area contributed by atoms with Crippen molar-refractivity contribution in [2.45, 2.75) is 37.9 Å². The van der Waals surface area contributed by atoms with Crippen molar-refractivity contribution >= 4 is 29.2 Å². The van der Waals surface area contributed by atoms with Crippen LogP contribution in [0, 0.1) is 6.92 Å². The van der Waals surface area contributed by atoms with Crippen molar-refractivity contribution in [1.29, 1.82) is 0 Å². The van der Waals surface area contributed by atoms with Gasteiger partial charge in [-0.2, -0.15) is 11.8 Å². The molecule has 1 aromatic rings. The van der Waals surface area contributed by atoms with Crippen LogP contribution in [0.5, 0.6) is 0 Å². The van der Waals surface area contributed by atoms with E-state index >= 15 is 0 Å². The minimum Gasteiger partial charge on any atom is -0.368 e. The lowest BCUT2D eigenvalue weighted by atomic mass is 10.3. The zero-order valence-electron chi connectivity index (χ0n) is 10.5. The number of thioether (sulfide) groups is 1. The third kappa shape index (κ3) is 2.86. The van der Waals surface area contributed by atoms with E-state index in [1.165, 1.54) is 12.8 Å². The molecule has 0 radical (unpaired) electrons. The number of hydrogen-bond acceptors (Lipinski definition) is 4. The van der Waals surface area contributed by atoms with Crippen LogP contribution in [0.2, 0.25) is 5.15 Å². The first-order valence-electron chi connectivity index (χ1n) is 5.92. The summed E-state index contributed by atoms with van der Waals surface area (Å²) in [6.07, 6.45) is 5.56. The van der Waals surface area contributed by atoms with Crippen LogP contribution in [-0.4, -0.2) is 27.5 Å². The molecule has 1 aliphatic rings. The summed E-state index contributed by atoms with van der Waals surface area (Å²) in [5, 5.41) is 3.99. The Morgan fingerprint density at radius 3 is 2.65 bits per heavy atom. The maximum absolute atomic E-state index is 6.10. The Morgan fingerprint density at radius 1 is 1.41 bits per heavy atom. The maximum atomic E-state index is 6.10. The van der Waals surface area contributed by atoms with E-state index < -0.39 is 0 Å². The Hall–Kier alpha value is -0.480. The molecule has 1 heterocycles. The summed E-state index contributed by atoms with van der Waals surface area (Å²) in [6, 6.07) is 0. The van der Waals surface area contributed by atoms with E-state index in [9.17, 15) is 0 Å². The zero-order valence-corrected chi connectivity index (χ0v) is 12.1. The van der Waals surface area contributed by atoms with Crippen LogP contribution in [0.15, 0.2) is 0 Å². The van der Waals surface area contributed by atoms with Gasteiger partial charge in [-0.1, -0.05) is 18.5 Å². The topological polar surface area (TPSA) is 37.8 Å². The standard InChI is InChI=1S/C12H18ClN3S/c1-4-9-15-10(13)8(2)11(16-9)14-7-12(17-3)5-6-12/h4-7H2,1-3H3,(H,14,15,16). The number of nitrogens with zero attached hydrogens (tertiary/aromatic N) is 2. The second-order valence-electron chi connectivity index (χ2n) is 4.50. The molecule has 1 aliphatic carbocycles. The minimum atomic E-state index is 0.427. The van der Waals surface area contributed by atoms with Crippen LogP contribution < -0.4 is 5.32 Å². The highest BCUT2D eigenvalue weighted by molar-refractivity contribution is 8.00. The summed E-state index contributed by atoms with van der Waals surface area (Å²) in [6.45, 7) is 4.96. The third-order valence-corrected chi connectivity index (χ3v) is 5.05. The molecule has 3 nitrogen and oxygen atoms in total. The van der Waals surface area contributed by atoms with E-state index in [2.05, 4.69) is 21.5 Å². The van der Waals surface area contributed by atoms with Gasteiger partial charge >= 0.3 is 0 Å². The molecule has 1 fully saturated rings. The highest BCUT2D eigenvalue weighted by Gasteiger charge is 2.41. The molecule has 0 spiro atoms. The van der Waals surface area contributed by atoms with Gasteiger partial charge in [0.1, 0.15) is 16.8 Å². The molecule has 0 atom stereocenters. The fourth-order valence-corrected chi connectivity index (χ4v) is 2.61. The summed E-state index contributed by atoms with van der Waals surface area (Å²) in [7, 11) is 0. The quantitative estimate of drug-likeness (QED) is 0.834. The Labute approximate surface area is 112 Å². The summed E-state index contributed by atoms with van der Waals surface area (Å²) >= 11 is 8.04. The van der Waals surface area contributed by atoms with Crippen molar-refractivity contribution in [3.8, 4) is 0 Å². The maximum Gasteiger partial charge on any atom is 0.137 e. The minimum absolute atomic E-state index is 0.427. The molecule has 1 aromatic heterocycles. The highest BCUT2D eigenvalue weighted by Crippen LogP contribution is 2.47. The predicted octanol–water partition coefficient (Wildman–Crippen LogP) is 3.31. The Bertz CT molecular complexity index is 418. The van der Waals surface area contributed by atoms with Gasteiger partial charge in [0.2, 0.25) is 0 Å². The van der Waals surface area contributed by atoms with E-state index in [0.717, 1.165) is 30.2 Å². The SMILES string of the molecule is CCc1nc(Cl)c(C)c(NCC2(SC)CC2)n1. The van der Waals surface area contributed by atoms with Crippen molar-refractivity contribution in [3.63, 3.8) is 0 Å². The molecule has 0 aliphatic heterocycles. The molecule has 0 amide bonds. The average Bonchev–Trinajstić information content (AvgIpc) is 3.11. The number of aromatic nitrogens is 2. The fraction of sp³-hybridized carbons (Fsp3) is 0.667. The van der Waals surface area contributed by atoms with E-state index in [-0.39, 0.29) is 0 Å². The largest absolute Gasteiger partial charge is 0.368 e. The molecule has 0 saturated heterocycles. The fourth-order valence-electron chi connectivity index (χ4n) is 1.70. The molecule has 0 unspecified atom stereocenters. The average molecular weight is 272 g/mol. The number of rotatable bonds is 5. The molecule has 0 bridgehead atoms. The first-order chi connectivity index (χ1) is 8.10. The van der Waals surface area contributed by atoms with Gasteiger partial charge in [-0.3, -0.25) is 0 Å². The molecule has 0 aromatic carbocycles. The van der Waals surface area contributed by atoms with E-state index in [0.29, 0.717) is 9.90 Å². The summed E-state index contributed by atoms with van der Waals surface area (Å²) in [5.74, 6) is 1.69. The van der Waals surface area contributed by atoms with Crippen LogP contribution in [-0.2, 0) is 6.42 Å². The smallest absolute Gasteiger partial charge is 0.137 e. The lowest BCUT2D eigenvalue weighted by Gasteiger charge is -2.15. The van der Waals surface area contributed by atoms with Crippen LogP contribution >= 0.6 is 23.4 Å². The second-order valence-corrected chi connectivity index (χ2v) is 6.13. The van der Waals surface area contributed by atoms with Gasteiger partial charge in [-0.25, -0.2) is 9.97 Å². The molecule has 1 saturated carbocycles. The van der Waals surface area contributed by atoms with Crippen LogP contribution in [0.3, 0.4) is 0 Å². The highest BCUT2D eigenvalue weighted by atomic mass is 35.5. The summed E-state index contributed by atoms with van der Waals surface area (Å²) < 4.78 is 0.427. The summed E-state index contributed by atoms with van der Waals surface area (Å²) in [4.78, 5) is 8.74. The first kappa shape index (κ1) is 13.0. The number of anilines is 1. The number of nitrogens with one attached hydrogen (secondary N) is 1. The van der Waals surface area contributed by atoms with Crippen LogP contribution in [0.4, 0.5) is 5.82 Å². The van der Waals surface area contributed by atoms with Gasteiger partial charge in [0.25, 0.3) is 0 Å². The molecule has 2 rings (SSSR count).